The van der Waals surface area contributed by atoms with E-state index >= 15 is 0 Å². The van der Waals surface area contributed by atoms with Crippen molar-refractivity contribution in [1.82, 2.24) is 9.78 Å². The van der Waals surface area contributed by atoms with Gasteiger partial charge in [-0.3, -0.25) is 0 Å². The molecule has 3 aromatic rings. The van der Waals surface area contributed by atoms with Gasteiger partial charge in [-0.15, -0.1) is 0 Å². The third-order valence-corrected chi connectivity index (χ3v) is 3.77. The molecule has 3 rings (SSSR count). The minimum Gasteiger partial charge on any atom is -0.497 e. The third kappa shape index (κ3) is 2.62. The molecule has 1 heterocycles. The van der Waals surface area contributed by atoms with E-state index < -0.39 is 11.8 Å². The van der Waals surface area contributed by atoms with E-state index in [1.165, 1.54) is 10.7 Å². The molecule has 0 amide bonds. The molecule has 0 saturated carbocycles. The Balaban J connectivity index is 2.27. The van der Waals surface area contributed by atoms with Crippen molar-refractivity contribution in [2.75, 3.05) is 7.11 Å². The summed E-state index contributed by atoms with van der Waals surface area (Å²) in [6, 6.07) is 13.2. The highest BCUT2D eigenvalue weighted by Gasteiger charge is 2.22. The molecule has 1 aromatic heterocycles. The number of carboxylic acids is 1. The van der Waals surface area contributed by atoms with Gasteiger partial charge in [0.15, 0.2) is 5.69 Å². The van der Waals surface area contributed by atoms with Crippen molar-refractivity contribution >= 4 is 5.97 Å². The first kappa shape index (κ1) is 15.7. The minimum absolute atomic E-state index is 0.107. The van der Waals surface area contributed by atoms with Crippen LogP contribution in [0.5, 0.6) is 5.75 Å². The summed E-state index contributed by atoms with van der Waals surface area (Å²) in [5, 5.41) is 13.5. The Morgan fingerprint density at radius 2 is 1.83 bits per heavy atom. The second kappa shape index (κ2) is 6.16. The van der Waals surface area contributed by atoms with Gasteiger partial charge in [0.25, 0.3) is 0 Å². The maximum atomic E-state index is 14.2. The van der Waals surface area contributed by atoms with E-state index in [0.29, 0.717) is 17.0 Å². The zero-order valence-corrected chi connectivity index (χ0v) is 13.2. The van der Waals surface area contributed by atoms with Crippen LogP contribution in [0.3, 0.4) is 0 Å². The quantitative estimate of drug-likeness (QED) is 0.794. The summed E-state index contributed by atoms with van der Waals surface area (Å²) in [4.78, 5) is 11.4. The SMILES string of the molecule is COc1ccc(-c2c(C)c(C(=O)O)nn2-c2ccccc2F)cc1. The molecule has 0 aliphatic rings. The lowest BCUT2D eigenvalue weighted by Gasteiger charge is -2.10. The molecule has 0 fully saturated rings. The Morgan fingerprint density at radius 3 is 2.42 bits per heavy atom. The van der Waals surface area contributed by atoms with Crippen molar-refractivity contribution in [2.24, 2.45) is 0 Å². The van der Waals surface area contributed by atoms with E-state index in [4.69, 9.17) is 4.74 Å². The lowest BCUT2D eigenvalue weighted by Crippen LogP contribution is -2.04. The number of aromatic carboxylic acids is 1. The number of hydrogen-bond acceptors (Lipinski definition) is 3. The molecule has 0 unspecified atom stereocenters. The van der Waals surface area contributed by atoms with E-state index in [-0.39, 0.29) is 11.4 Å². The van der Waals surface area contributed by atoms with E-state index in [1.54, 1.807) is 56.5 Å². The smallest absolute Gasteiger partial charge is 0.356 e. The largest absolute Gasteiger partial charge is 0.497 e. The van der Waals surface area contributed by atoms with E-state index in [2.05, 4.69) is 5.10 Å². The van der Waals surface area contributed by atoms with Crippen molar-refractivity contribution in [2.45, 2.75) is 6.92 Å². The van der Waals surface area contributed by atoms with Crippen LogP contribution in [-0.2, 0) is 0 Å². The monoisotopic (exact) mass is 326 g/mol. The molecule has 0 spiro atoms. The average Bonchev–Trinajstić information content (AvgIpc) is 2.93. The Bertz CT molecular complexity index is 901. The number of methoxy groups -OCH3 is 1. The fourth-order valence-electron chi connectivity index (χ4n) is 2.58. The number of halogens is 1. The highest BCUT2D eigenvalue weighted by Crippen LogP contribution is 2.30. The molecule has 1 N–H and O–H groups in total. The van der Waals surface area contributed by atoms with E-state index in [1.807, 2.05) is 0 Å². The van der Waals surface area contributed by atoms with Crippen LogP contribution < -0.4 is 4.74 Å². The van der Waals surface area contributed by atoms with Crippen molar-refractivity contribution in [3.63, 3.8) is 0 Å². The third-order valence-electron chi connectivity index (χ3n) is 3.77. The fraction of sp³-hybridized carbons (Fsp3) is 0.111. The molecule has 0 aliphatic heterocycles. The normalized spacial score (nSPS) is 10.6. The number of rotatable bonds is 4. The summed E-state index contributed by atoms with van der Waals surface area (Å²) in [5.74, 6) is -0.962. The summed E-state index contributed by atoms with van der Waals surface area (Å²) in [6.07, 6.45) is 0. The highest BCUT2D eigenvalue weighted by molar-refractivity contribution is 5.90. The van der Waals surface area contributed by atoms with Gasteiger partial charge < -0.3 is 9.84 Å². The maximum absolute atomic E-state index is 14.2. The number of carbonyl (C=O) groups is 1. The van der Waals surface area contributed by atoms with Crippen LogP contribution in [0.4, 0.5) is 4.39 Å². The molecule has 122 valence electrons. The summed E-state index contributed by atoms with van der Waals surface area (Å²) in [5.41, 5.74) is 1.80. The van der Waals surface area contributed by atoms with Gasteiger partial charge in [-0.25, -0.2) is 13.9 Å². The van der Waals surface area contributed by atoms with Crippen LogP contribution in [0.25, 0.3) is 16.9 Å². The maximum Gasteiger partial charge on any atom is 0.356 e. The Hall–Kier alpha value is -3.15. The number of ether oxygens (including phenoxy) is 1. The number of carboxylic acid groups (broad SMARTS) is 1. The van der Waals surface area contributed by atoms with Crippen LogP contribution in [0, 0.1) is 12.7 Å². The molecular weight excluding hydrogens is 311 g/mol. The van der Waals surface area contributed by atoms with Crippen molar-refractivity contribution < 1.29 is 19.0 Å². The lowest BCUT2D eigenvalue weighted by atomic mass is 10.1. The Morgan fingerprint density at radius 1 is 1.17 bits per heavy atom. The first-order valence-electron chi connectivity index (χ1n) is 7.25. The fourth-order valence-corrected chi connectivity index (χ4v) is 2.58. The Labute approximate surface area is 137 Å². The van der Waals surface area contributed by atoms with E-state index in [9.17, 15) is 14.3 Å². The number of para-hydroxylation sites is 1. The van der Waals surface area contributed by atoms with Gasteiger partial charge in [-0.05, 0) is 43.3 Å². The predicted octanol–water partition coefficient (Wildman–Crippen LogP) is 3.69. The van der Waals surface area contributed by atoms with Gasteiger partial charge in [0.05, 0.1) is 12.8 Å². The molecule has 0 bridgehead atoms. The first-order valence-corrected chi connectivity index (χ1v) is 7.25. The molecule has 0 atom stereocenters. The zero-order chi connectivity index (χ0) is 17.3. The number of nitrogens with zero attached hydrogens (tertiary/aromatic N) is 2. The van der Waals surface area contributed by atoms with Crippen molar-refractivity contribution in [3.8, 4) is 22.7 Å². The Kier molecular flexibility index (Phi) is 4.04. The average molecular weight is 326 g/mol. The van der Waals surface area contributed by atoms with Gasteiger partial charge in [0.1, 0.15) is 17.3 Å². The van der Waals surface area contributed by atoms with Gasteiger partial charge in [0, 0.05) is 11.1 Å². The number of aromatic nitrogens is 2. The zero-order valence-electron chi connectivity index (χ0n) is 13.2. The summed E-state index contributed by atoms with van der Waals surface area (Å²) < 4.78 is 20.7. The van der Waals surface area contributed by atoms with Crippen molar-refractivity contribution in [1.29, 1.82) is 0 Å². The molecule has 2 aromatic carbocycles. The first-order chi connectivity index (χ1) is 11.5. The van der Waals surface area contributed by atoms with Gasteiger partial charge >= 0.3 is 5.97 Å². The van der Waals surface area contributed by atoms with Gasteiger partial charge in [0.2, 0.25) is 0 Å². The lowest BCUT2D eigenvalue weighted by molar-refractivity contribution is 0.0689. The van der Waals surface area contributed by atoms with Crippen LogP contribution in [0.1, 0.15) is 16.1 Å². The van der Waals surface area contributed by atoms with Gasteiger partial charge in [-0.2, -0.15) is 5.10 Å². The summed E-state index contributed by atoms with van der Waals surface area (Å²) >= 11 is 0. The van der Waals surface area contributed by atoms with Crippen molar-refractivity contribution in [3.05, 3.63) is 65.6 Å². The highest BCUT2D eigenvalue weighted by atomic mass is 19.1. The minimum atomic E-state index is -1.16. The molecule has 0 saturated heterocycles. The standard InChI is InChI=1S/C18H15FN2O3/c1-11-16(18(22)23)20-21(15-6-4-3-5-14(15)19)17(11)12-7-9-13(24-2)10-8-12/h3-10H,1-2H3,(H,22,23). The van der Waals surface area contributed by atoms with Crippen LogP contribution in [0.15, 0.2) is 48.5 Å². The predicted molar refractivity (Wildman–Crippen MR) is 87.2 cm³/mol. The summed E-state index contributed by atoms with van der Waals surface area (Å²) in [6.45, 7) is 1.66. The molecule has 6 heteroatoms. The summed E-state index contributed by atoms with van der Waals surface area (Å²) in [7, 11) is 1.56. The van der Waals surface area contributed by atoms with E-state index in [0.717, 1.165) is 5.56 Å². The molecular formula is C18H15FN2O3. The van der Waals surface area contributed by atoms with Crippen LogP contribution in [0.2, 0.25) is 0 Å². The molecule has 0 radical (unpaired) electrons. The topological polar surface area (TPSA) is 64.3 Å². The molecule has 24 heavy (non-hydrogen) atoms. The van der Waals surface area contributed by atoms with Crippen LogP contribution in [-0.4, -0.2) is 28.0 Å². The van der Waals surface area contributed by atoms with Gasteiger partial charge in [-0.1, -0.05) is 12.1 Å². The second-order valence-corrected chi connectivity index (χ2v) is 5.22. The second-order valence-electron chi connectivity index (χ2n) is 5.22. The molecule has 0 aliphatic carbocycles. The number of hydrogen-bond donors (Lipinski definition) is 1. The van der Waals surface area contributed by atoms with Crippen LogP contribution >= 0.6 is 0 Å². The number of benzene rings is 2. The molecule has 5 nitrogen and oxygen atoms in total.